The second-order valence-corrected chi connectivity index (χ2v) is 8.58. The summed E-state index contributed by atoms with van der Waals surface area (Å²) >= 11 is 1.57. The summed E-state index contributed by atoms with van der Waals surface area (Å²) in [7, 11) is 0. The molecule has 9 nitrogen and oxygen atoms in total. The summed E-state index contributed by atoms with van der Waals surface area (Å²) in [6.07, 6.45) is 6.48. The van der Waals surface area contributed by atoms with Gasteiger partial charge in [0, 0.05) is 47.1 Å². The second kappa shape index (κ2) is 8.37. The summed E-state index contributed by atoms with van der Waals surface area (Å²) in [5.41, 5.74) is 4.93. The SMILES string of the molecule is CCC(=O)Nc1cncc(-c2cnc3[nH]nc(-c4nc5c(-c6ccsc6)nccc5[nH]4)c3c2F)c1. The minimum atomic E-state index is -0.517. The number of hydrogen-bond donors (Lipinski definition) is 3. The molecule has 172 valence electrons. The summed E-state index contributed by atoms with van der Waals surface area (Å²) < 4.78 is 15.9. The van der Waals surface area contributed by atoms with Gasteiger partial charge in [-0.1, -0.05) is 6.92 Å². The lowest BCUT2D eigenvalue weighted by Gasteiger charge is -2.07. The highest BCUT2D eigenvalue weighted by atomic mass is 32.1. The van der Waals surface area contributed by atoms with Crippen molar-refractivity contribution in [3.63, 3.8) is 0 Å². The van der Waals surface area contributed by atoms with E-state index in [4.69, 9.17) is 4.98 Å². The number of carbonyl (C=O) groups is 1. The lowest BCUT2D eigenvalue weighted by atomic mass is 10.1. The highest BCUT2D eigenvalue weighted by molar-refractivity contribution is 7.08. The number of H-pyrrole nitrogens is 2. The fraction of sp³-hybridized carbons (Fsp3) is 0.0833. The smallest absolute Gasteiger partial charge is 0.224 e. The Labute approximate surface area is 201 Å². The van der Waals surface area contributed by atoms with Gasteiger partial charge in [-0.15, -0.1) is 0 Å². The number of imidazole rings is 1. The summed E-state index contributed by atoms with van der Waals surface area (Å²) in [5, 5.41) is 14.0. The van der Waals surface area contributed by atoms with Crippen LogP contribution >= 0.6 is 11.3 Å². The molecule has 0 aliphatic heterocycles. The molecule has 0 spiro atoms. The highest BCUT2D eigenvalue weighted by Gasteiger charge is 2.21. The molecule has 6 rings (SSSR count). The molecule has 0 aromatic carbocycles. The van der Waals surface area contributed by atoms with Crippen LogP contribution in [-0.2, 0) is 4.79 Å². The zero-order valence-electron chi connectivity index (χ0n) is 18.3. The lowest BCUT2D eigenvalue weighted by Crippen LogP contribution is -2.09. The molecule has 0 aliphatic rings. The number of fused-ring (bicyclic) bond motifs is 2. The Morgan fingerprint density at radius 3 is 2.89 bits per heavy atom. The minimum Gasteiger partial charge on any atom is -0.336 e. The third-order valence-electron chi connectivity index (χ3n) is 5.60. The Balaban J connectivity index is 1.48. The Bertz CT molecular complexity index is 1710. The second-order valence-electron chi connectivity index (χ2n) is 7.80. The van der Waals surface area contributed by atoms with E-state index in [9.17, 15) is 4.79 Å². The van der Waals surface area contributed by atoms with Crippen LogP contribution in [0.2, 0.25) is 0 Å². The highest BCUT2D eigenvalue weighted by Crippen LogP contribution is 2.34. The molecule has 0 saturated carbocycles. The van der Waals surface area contributed by atoms with Crippen LogP contribution in [0.1, 0.15) is 13.3 Å². The third kappa shape index (κ3) is 3.62. The van der Waals surface area contributed by atoms with E-state index in [2.05, 4.69) is 35.5 Å². The molecule has 0 saturated heterocycles. The zero-order valence-corrected chi connectivity index (χ0v) is 19.2. The number of halogens is 1. The zero-order chi connectivity index (χ0) is 23.9. The van der Waals surface area contributed by atoms with Gasteiger partial charge in [0.2, 0.25) is 5.91 Å². The predicted molar refractivity (Wildman–Crippen MR) is 132 cm³/mol. The number of anilines is 1. The molecule has 0 fully saturated rings. The predicted octanol–water partition coefficient (Wildman–Crippen LogP) is 5.17. The van der Waals surface area contributed by atoms with E-state index in [1.54, 1.807) is 30.5 Å². The largest absolute Gasteiger partial charge is 0.336 e. The maximum atomic E-state index is 15.9. The monoisotopic (exact) mass is 484 g/mol. The van der Waals surface area contributed by atoms with Gasteiger partial charge >= 0.3 is 0 Å². The summed E-state index contributed by atoms with van der Waals surface area (Å²) in [6, 6.07) is 5.45. The number of carbonyl (C=O) groups excluding carboxylic acids is 1. The average Bonchev–Trinajstić information content (AvgIpc) is 3.63. The number of rotatable bonds is 5. The van der Waals surface area contributed by atoms with Crippen LogP contribution in [0.4, 0.5) is 10.1 Å². The van der Waals surface area contributed by atoms with Crippen LogP contribution in [0, 0.1) is 5.82 Å². The molecule has 0 bridgehead atoms. The number of pyridine rings is 3. The number of aromatic nitrogens is 7. The van der Waals surface area contributed by atoms with Gasteiger partial charge in [0.1, 0.15) is 17.0 Å². The Hall–Kier alpha value is -4.51. The normalized spacial score (nSPS) is 11.4. The molecule has 11 heteroatoms. The van der Waals surface area contributed by atoms with E-state index in [1.165, 1.54) is 18.6 Å². The first-order valence-corrected chi connectivity index (χ1v) is 11.7. The van der Waals surface area contributed by atoms with Gasteiger partial charge in [-0.2, -0.15) is 16.4 Å². The van der Waals surface area contributed by atoms with Crippen LogP contribution in [0.15, 0.2) is 53.7 Å². The van der Waals surface area contributed by atoms with E-state index < -0.39 is 5.82 Å². The van der Waals surface area contributed by atoms with Gasteiger partial charge < -0.3 is 10.3 Å². The minimum absolute atomic E-state index is 0.156. The van der Waals surface area contributed by atoms with Crippen LogP contribution in [0.5, 0.6) is 0 Å². The maximum Gasteiger partial charge on any atom is 0.224 e. The molecule has 0 unspecified atom stereocenters. The van der Waals surface area contributed by atoms with Crippen molar-refractivity contribution < 1.29 is 9.18 Å². The van der Waals surface area contributed by atoms with E-state index in [0.29, 0.717) is 40.4 Å². The van der Waals surface area contributed by atoms with Crippen molar-refractivity contribution in [2.45, 2.75) is 13.3 Å². The van der Waals surface area contributed by atoms with Crippen molar-refractivity contribution in [2.75, 3.05) is 5.32 Å². The topological polar surface area (TPSA) is 125 Å². The Kier molecular flexibility index (Phi) is 5.03. The number of nitrogens with one attached hydrogen (secondary N) is 3. The van der Waals surface area contributed by atoms with E-state index in [-0.39, 0.29) is 16.9 Å². The van der Waals surface area contributed by atoms with Crippen LogP contribution < -0.4 is 5.32 Å². The van der Waals surface area contributed by atoms with Crippen molar-refractivity contribution >= 4 is 45.0 Å². The molecule has 3 N–H and O–H groups in total. The van der Waals surface area contributed by atoms with Gasteiger partial charge in [0.25, 0.3) is 0 Å². The van der Waals surface area contributed by atoms with Crippen molar-refractivity contribution in [1.82, 2.24) is 35.1 Å². The number of thiophene rings is 1. The van der Waals surface area contributed by atoms with Crippen LogP contribution in [0.3, 0.4) is 0 Å². The van der Waals surface area contributed by atoms with Gasteiger partial charge in [0.05, 0.1) is 28.5 Å². The Morgan fingerprint density at radius 1 is 1.14 bits per heavy atom. The summed E-state index contributed by atoms with van der Waals surface area (Å²) in [4.78, 5) is 32.7. The molecule has 0 aliphatic carbocycles. The van der Waals surface area contributed by atoms with E-state index in [1.807, 2.05) is 22.9 Å². The molecule has 6 aromatic rings. The first kappa shape index (κ1) is 21.1. The quantitative estimate of drug-likeness (QED) is 0.310. The molecular formula is C24H17FN8OS. The average molecular weight is 485 g/mol. The molecule has 35 heavy (non-hydrogen) atoms. The molecule has 0 atom stereocenters. The molecule has 0 radical (unpaired) electrons. The first-order chi connectivity index (χ1) is 17.1. The number of amides is 1. The number of hydrogen-bond acceptors (Lipinski definition) is 7. The number of nitrogens with zero attached hydrogens (tertiary/aromatic N) is 5. The lowest BCUT2D eigenvalue weighted by molar-refractivity contribution is -0.115. The Morgan fingerprint density at radius 2 is 2.06 bits per heavy atom. The van der Waals surface area contributed by atoms with Crippen molar-refractivity contribution in [3.05, 3.63) is 59.6 Å². The molecule has 1 amide bonds. The van der Waals surface area contributed by atoms with E-state index >= 15 is 4.39 Å². The molecular weight excluding hydrogens is 467 g/mol. The van der Waals surface area contributed by atoms with Gasteiger partial charge in [-0.25, -0.2) is 14.4 Å². The summed E-state index contributed by atoms with van der Waals surface area (Å²) in [5.74, 6) is -0.275. The van der Waals surface area contributed by atoms with Gasteiger partial charge in [-0.05, 0) is 23.6 Å². The van der Waals surface area contributed by atoms with Crippen molar-refractivity contribution in [1.29, 1.82) is 0 Å². The summed E-state index contributed by atoms with van der Waals surface area (Å²) in [6.45, 7) is 1.75. The van der Waals surface area contributed by atoms with Gasteiger partial charge in [0.15, 0.2) is 11.5 Å². The first-order valence-electron chi connectivity index (χ1n) is 10.8. The fourth-order valence-electron chi connectivity index (χ4n) is 3.89. The fourth-order valence-corrected chi connectivity index (χ4v) is 4.53. The van der Waals surface area contributed by atoms with Crippen LogP contribution in [0.25, 0.3) is 56.0 Å². The molecule has 6 aromatic heterocycles. The standard InChI is InChI=1S/C24H17FN8OS/c1-2-17(34)29-14-7-13(8-26-9-14)15-10-28-23-18(19(15)25)22(32-33-23)24-30-16-3-5-27-20(21(16)31-24)12-4-6-35-11-12/h3-11H,2H2,1H3,(H,29,34)(H,30,31)(H,28,32,33). The third-order valence-corrected chi connectivity index (χ3v) is 6.28. The van der Waals surface area contributed by atoms with Crippen molar-refractivity contribution in [2.24, 2.45) is 0 Å². The van der Waals surface area contributed by atoms with Crippen LogP contribution in [-0.4, -0.2) is 41.0 Å². The van der Waals surface area contributed by atoms with Crippen molar-refractivity contribution in [3.8, 4) is 33.9 Å². The number of aromatic amines is 2. The molecule has 6 heterocycles. The van der Waals surface area contributed by atoms with E-state index in [0.717, 1.165) is 16.8 Å². The maximum absolute atomic E-state index is 15.9. The van der Waals surface area contributed by atoms with Gasteiger partial charge in [-0.3, -0.25) is 19.9 Å².